The highest BCUT2D eigenvalue weighted by atomic mass is 16.5. The molecule has 1 saturated heterocycles. The van der Waals surface area contributed by atoms with Crippen molar-refractivity contribution >= 4 is 0 Å². The van der Waals surface area contributed by atoms with Crippen molar-refractivity contribution in [1.29, 1.82) is 0 Å². The quantitative estimate of drug-likeness (QED) is 0.642. The summed E-state index contributed by atoms with van der Waals surface area (Å²) in [5.74, 6) is 0.767. The van der Waals surface area contributed by atoms with Crippen molar-refractivity contribution in [3.8, 4) is 0 Å². The number of ether oxygens (including phenoxy) is 1. The number of nitrogens with one attached hydrogen (secondary N) is 1. The lowest BCUT2D eigenvalue weighted by Crippen LogP contribution is -2.43. The maximum atomic E-state index is 5.86. The molecule has 0 bridgehead atoms. The molecule has 0 aliphatic carbocycles. The standard InChI is InChI=1S/C15H32N2O/c1-4-16-9-7-5-6-8-15-13-17(10-11-18-15)12-14(2)3/h14-16H,4-13H2,1-3H3. The first kappa shape index (κ1) is 15.9. The van der Waals surface area contributed by atoms with Crippen molar-refractivity contribution < 1.29 is 4.74 Å². The van der Waals surface area contributed by atoms with Crippen molar-refractivity contribution in [2.75, 3.05) is 39.3 Å². The number of morpholine rings is 1. The Balaban J connectivity index is 2.03. The summed E-state index contributed by atoms with van der Waals surface area (Å²) in [7, 11) is 0. The first-order chi connectivity index (χ1) is 8.72. The van der Waals surface area contributed by atoms with E-state index in [-0.39, 0.29) is 0 Å². The first-order valence-corrected chi connectivity index (χ1v) is 7.77. The lowest BCUT2D eigenvalue weighted by molar-refractivity contribution is -0.0360. The molecule has 0 aromatic heterocycles. The molecule has 0 aromatic carbocycles. The van der Waals surface area contributed by atoms with Gasteiger partial charge in [0.2, 0.25) is 0 Å². The fourth-order valence-corrected chi connectivity index (χ4v) is 2.61. The molecule has 1 aliphatic heterocycles. The normalized spacial score (nSPS) is 21.7. The zero-order valence-electron chi connectivity index (χ0n) is 12.6. The molecule has 108 valence electrons. The van der Waals surface area contributed by atoms with E-state index in [1.165, 1.54) is 38.8 Å². The molecule has 3 heteroatoms. The van der Waals surface area contributed by atoms with E-state index in [4.69, 9.17) is 4.74 Å². The van der Waals surface area contributed by atoms with Crippen molar-refractivity contribution in [3.63, 3.8) is 0 Å². The lowest BCUT2D eigenvalue weighted by atomic mass is 10.1. The van der Waals surface area contributed by atoms with Gasteiger partial charge in [-0.05, 0) is 31.8 Å². The molecule has 1 unspecified atom stereocenters. The second-order valence-corrected chi connectivity index (χ2v) is 5.85. The van der Waals surface area contributed by atoms with Crippen molar-refractivity contribution in [2.45, 2.75) is 52.6 Å². The van der Waals surface area contributed by atoms with Crippen molar-refractivity contribution in [1.82, 2.24) is 10.2 Å². The summed E-state index contributed by atoms with van der Waals surface area (Å²) in [6.07, 6.45) is 5.66. The van der Waals surface area contributed by atoms with Crippen LogP contribution in [0.4, 0.5) is 0 Å². The van der Waals surface area contributed by atoms with Crippen LogP contribution < -0.4 is 5.32 Å². The molecule has 1 heterocycles. The molecule has 18 heavy (non-hydrogen) atoms. The number of hydrogen-bond donors (Lipinski definition) is 1. The molecule has 1 fully saturated rings. The zero-order valence-corrected chi connectivity index (χ0v) is 12.6. The third kappa shape index (κ3) is 7.34. The Labute approximate surface area is 113 Å². The number of rotatable bonds is 9. The SMILES string of the molecule is CCNCCCCCC1CN(CC(C)C)CCO1. The predicted octanol–water partition coefficient (Wildman–Crippen LogP) is 2.51. The second-order valence-electron chi connectivity index (χ2n) is 5.85. The van der Waals surface area contributed by atoms with E-state index < -0.39 is 0 Å². The average molecular weight is 256 g/mol. The summed E-state index contributed by atoms with van der Waals surface area (Å²) in [5, 5.41) is 3.38. The smallest absolute Gasteiger partial charge is 0.0702 e. The Morgan fingerprint density at radius 2 is 2.11 bits per heavy atom. The van der Waals surface area contributed by atoms with E-state index in [2.05, 4.69) is 31.0 Å². The van der Waals surface area contributed by atoms with Crippen LogP contribution in [0.5, 0.6) is 0 Å². The maximum Gasteiger partial charge on any atom is 0.0702 e. The highest BCUT2D eigenvalue weighted by molar-refractivity contribution is 4.72. The van der Waals surface area contributed by atoms with Crippen LogP contribution in [0, 0.1) is 5.92 Å². The van der Waals surface area contributed by atoms with Gasteiger partial charge in [-0.1, -0.05) is 33.6 Å². The molecular weight excluding hydrogens is 224 g/mol. The summed E-state index contributed by atoms with van der Waals surface area (Å²) >= 11 is 0. The number of hydrogen-bond acceptors (Lipinski definition) is 3. The Kier molecular flexibility index (Phi) is 8.64. The van der Waals surface area contributed by atoms with Gasteiger partial charge in [-0.2, -0.15) is 0 Å². The number of nitrogens with zero attached hydrogens (tertiary/aromatic N) is 1. The highest BCUT2D eigenvalue weighted by Crippen LogP contribution is 2.13. The van der Waals surface area contributed by atoms with Gasteiger partial charge in [0.1, 0.15) is 0 Å². The summed E-state index contributed by atoms with van der Waals surface area (Å²) < 4.78 is 5.86. The molecule has 0 spiro atoms. The minimum Gasteiger partial charge on any atom is -0.376 e. The third-order valence-corrected chi connectivity index (χ3v) is 3.48. The van der Waals surface area contributed by atoms with E-state index >= 15 is 0 Å². The minimum absolute atomic E-state index is 0.483. The molecule has 0 aromatic rings. The Morgan fingerprint density at radius 3 is 2.83 bits per heavy atom. The van der Waals surface area contributed by atoms with E-state index in [1.54, 1.807) is 0 Å². The lowest BCUT2D eigenvalue weighted by Gasteiger charge is -2.34. The molecule has 0 radical (unpaired) electrons. The van der Waals surface area contributed by atoms with Gasteiger partial charge in [0.15, 0.2) is 0 Å². The maximum absolute atomic E-state index is 5.86. The van der Waals surface area contributed by atoms with Gasteiger partial charge in [-0.25, -0.2) is 0 Å². The van der Waals surface area contributed by atoms with Gasteiger partial charge in [-0.15, -0.1) is 0 Å². The Morgan fingerprint density at radius 1 is 1.28 bits per heavy atom. The Bertz CT molecular complexity index is 197. The van der Waals surface area contributed by atoms with E-state index in [0.717, 1.165) is 32.2 Å². The summed E-state index contributed by atoms with van der Waals surface area (Å²) in [6.45, 7) is 13.4. The molecule has 0 saturated carbocycles. The largest absolute Gasteiger partial charge is 0.376 e. The molecule has 0 amide bonds. The van der Waals surface area contributed by atoms with Gasteiger partial charge in [0.25, 0.3) is 0 Å². The van der Waals surface area contributed by atoms with Gasteiger partial charge in [0.05, 0.1) is 12.7 Å². The van der Waals surface area contributed by atoms with E-state index in [9.17, 15) is 0 Å². The minimum atomic E-state index is 0.483. The average Bonchev–Trinajstić information content (AvgIpc) is 2.33. The summed E-state index contributed by atoms with van der Waals surface area (Å²) in [6, 6.07) is 0. The fourth-order valence-electron chi connectivity index (χ4n) is 2.61. The molecule has 1 rings (SSSR count). The van der Waals surface area contributed by atoms with Gasteiger partial charge >= 0.3 is 0 Å². The van der Waals surface area contributed by atoms with Crippen LogP contribution in [0.15, 0.2) is 0 Å². The summed E-state index contributed by atoms with van der Waals surface area (Å²) in [4.78, 5) is 2.57. The molecule has 1 aliphatic rings. The fraction of sp³-hybridized carbons (Fsp3) is 1.00. The predicted molar refractivity (Wildman–Crippen MR) is 78.0 cm³/mol. The van der Waals surface area contributed by atoms with Crippen LogP contribution in [0.2, 0.25) is 0 Å². The molecule has 3 nitrogen and oxygen atoms in total. The second kappa shape index (κ2) is 9.76. The number of unbranched alkanes of at least 4 members (excludes halogenated alkanes) is 2. The van der Waals surface area contributed by atoms with Crippen LogP contribution in [0.25, 0.3) is 0 Å². The van der Waals surface area contributed by atoms with Crippen LogP contribution in [0.3, 0.4) is 0 Å². The molecule has 1 atom stereocenters. The van der Waals surface area contributed by atoms with E-state index in [1.807, 2.05) is 0 Å². The van der Waals surface area contributed by atoms with Crippen molar-refractivity contribution in [2.24, 2.45) is 5.92 Å². The van der Waals surface area contributed by atoms with Gasteiger partial charge < -0.3 is 10.1 Å². The van der Waals surface area contributed by atoms with Crippen LogP contribution in [-0.2, 0) is 4.74 Å². The monoisotopic (exact) mass is 256 g/mol. The topological polar surface area (TPSA) is 24.5 Å². The third-order valence-electron chi connectivity index (χ3n) is 3.48. The highest BCUT2D eigenvalue weighted by Gasteiger charge is 2.20. The summed E-state index contributed by atoms with van der Waals surface area (Å²) in [5.41, 5.74) is 0. The zero-order chi connectivity index (χ0) is 13.2. The van der Waals surface area contributed by atoms with Crippen LogP contribution in [0.1, 0.15) is 46.5 Å². The van der Waals surface area contributed by atoms with E-state index in [0.29, 0.717) is 6.10 Å². The van der Waals surface area contributed by atoms with Crippen LogP contribution in [-0.4, -0.2) is 50.3 Å². The van der Waals surface area contributed by atoms with Gasteiger partial charge in [-0.3, -0.25) is 4.90 Å². The first-order valence-electron chi connectivity index (χ1n) is 7.77. The van der Waals surface area contributed by atoms with Crippen molar-refractivity contribution in [3.05, 3.63) is 0 Å². The molecular formula is C15H32N2O. The Hall–Kier alpha value is -0.120. The molecule has 1 N–H and O–H groups in total. The van der Waals surface area contributed by atoms with Crippen LogP contribution >= 0.6 is 0 Å². The van der Waals surface area contributed by atoms with Gasteiger partial charge in [0, 0.05) is 19.6 Å².